The molecule has 0 heterocycles. The molecule has 8 heteroatoms. The Balaban J connectivity index is 3.69. The predicted octanol–water partition coefficient (Wildman–Crippen LogP) is 1.81. The standard InChI is InChI=1S/C18H30O8/c1-4-5-6-7-8-23-10-12-25-17(20)14-26-18(21)15(2)13-16(19)24-11-9-22-3/h2,4-14H2,1,3H3. The Hall–Kier alpha value is -1.93. The van der Waals surface area contributed by atoms with E-state index < -0.39 is 24.5 Å². The summed E-state index contributed by atoms with van der Waals surface area (Å²) in [5.74, 6) is -2.16. The Bertz CT molecular complexity index is 433. The van der Waals surface area contributed by atoms with Crippen LogP contribution in [0.4, 0.5) is 0 Å². The SMILES string of the molecule is C=C(CC(=O)OCCOC)C(=O)OCC(=O)OCCOCCCCCC. The summed E-state index contributed by atoms with van der Waals surface area (Å²) >= 11 is 0. The first-order valence-corrected chi connectivity index (χ1v) is 8.74. The third-order valence-electron chi connectivity index (χ3n) is 3.15. The highest BCUT2D eigenvalue weighted by Crippen LogP contribution is 2.03. The van der Waals surface area contributed by atoms with Crippen molar-refractivity contribution in [3.63, 3.8) is 0 Å². The summed E-state index contributed by atoms with van der Waals surface area (Å²) in [4.78, 5) is 34.5. The molecule has 150 valence electrons. The highest BCUT2D eigenvalue weighted by atomic mass is 16.6. The van der Waals surface area contributed by atoms with Crippen LogP contribution in [-0.4, -0.2) is 64.7 Å². The highest BCUT2D eigenvalue weighted by Gasteiger charge is 2.16. The number of ether oxygens (including phenoxy) is 5. The minimum absolute atomic E-state index is 0.0880. The Labute approximate surface area is 154 Å². The first-order valence-electron chi connectivity index (χ1n) is 8.74. The Morgan fingerprint density at radius 2 is 1.50 bits per heavy atom. The number of hydrogen-bond acceptors (Lipinski definition) is 8. The van der Waals surface area contributed by atoms with Crippen molar-refractivity contribution in [3.8, 4) is 0 Å². The minimum Gasteiger partial charge on any atom is -0.463 e. The van der Waals surface area contributed by atoms with Crippen LogP contribution in [0.25, 0.3) is 0 Å². The Morgan fingerprint density at radius 3 is 2.19 bits per heavy atom. The molecule has 0 rings (SSSR count). The normalized spacial score (nSPS) is 10.2. The molecule has 0 saturated carbocycles. The van der Waals surface area contributed by atoms with Crippen LogP contribution in [0.5, 0.6) is 0 Å². The van der Waals surface area contributed by atoms with Crippen molar-refractivity contribution >= 4 is 17.9 Å². The fraction of sp³-hybridized carbons (Fsp3) is 0.722. The fourth-order valence-corrected chi connectivity index (χ4v) is 1.75. The zero-order valence-corrected chi connectivity index (χ0v) is 15.8. The Kier molecular flexibility index (Phi) is 15.3. The van der Waals surface area contributed by atoms with Crippen LogP contribution in [0.3, 0.4) is 0 Å². The van der Waals surface area contributed by atoms with E-state index in [1.165, 1.54) is 13.5 Å². The molecule has 0 spiro atoms. The molecule has 8 nitrogen and oxygen atoms in total. The predicted molar refractivity (Wildman–Crippen MR) is 93.5 cm³/mol. The van der Waals surface area contributed by atoms with Gasteiger partial charge in [-0.3, -0.25) is 4.79 Å². The first-order chi connectivity index (χ1) is 12.5. The van der Waals surface area contributed by atoms with Crippen LogP contribution in [0.2, 0.25) is 0 Å². The molecule has 0 N–H and O–H groups in total. The highest BCUT2D eigenvalue weighted by molar-refractivity contribution is 5.94. The largest absolute Gasteiger partial charge is 0.463 e. The summed E-state index contributed by atoms with van der Waals surface area (Å²) in [5.41, 5.74) is -0.101. The molecule has 0 atom stereocenters. The van der Waals surface area contributed by atoms with Crippen molar-refractivity contribution in [1.29, 1.82) is 0 Å². The zero-order valence-electron chi connectivity index (χ0n) is 15.8. The molecular weight excluding hydrogens is 344 g/mol. The summed E-state index contributed by atoms with van der Waals surface area (Å²) < 4.78 is 24.4. The molecule has 0 aromatic rings. The van der Waals surface area contributed by atoms with E-state index in [0.29, 0.717) is 13.2 Å². The number of methoxy groups -OCH3 is 1. The van der Waals surface area contributed by atoms with Gasteiger partial charge in [0.2, 0.25) is 0 Å². The molecule has 0 fully saturated rings. The molecular formula is C18H30O8. The number of esters is 3. The van der Waals surface area contributed by atoms with Crippen molar-refractivity contribution in [1.82, 2.24) is 0 Å². The average molecular weight is 374 g/mol. The number of hydrogen-bond donors (Lipinski definition) is 0. The fourth-order valence-electron chi connectivity index (χ4n) is 1.75. The molecule has 0 aliphatic heterocycles. The summed E-state index contributed by atoms with van der Waals surface area (Å²) in [5, 5.41) is 0. The van der Waals surface area contributed by atoms with E-state index in [4.69, 9.17) is 23.7 Å². The summed E-state index contributed by atoms with van der Waals surface area (Å²) in [7, 11) is 1.48. The zero-order chi connectivity index (χ0) is 19.6. The average Bonchev–Trinajstić information content (AvgIpc) is 2.62. The molecule has 0 aromatic heterocycles. The van der Waals surface area contributed by atoms with E-state index in [0.717, 1.165) is 19.3 Å². The molecule has 0 saturated heterocycles. The second-order valence-corrected chi connectivity index (χ2v) is 5.46. The smallest absolute Gasteiger partial charge is 0.344 e. The van der Waals surface area contributed by atoms with E-state index in [1.54, 1.807) is 0 Å². The maximum absolute atomic E-state index is 11.6. The van der Waals surface area contributed by atoms with Gasteiger partial charge in [-0.2, -0.15) is 0 Å². The lowest BCUT2D eigenvalue weighted by molar-refractivity contribution is -0.158. The van der Waals surface area contributed by atoms with Crippen molar-refractivity contribution < 1.29 is 38.1 Å². The maximum atomic E-state index is 11.6. The molecule has 26 heavy (non-hydrogen) atoms. The summed E-state index contributed by atoms with van der Waals surface area (Å²) in [6, 6.07) is 0. The minimum atomic E-state index is -0.849. The molecule has 0 aromatic carbocycles. The van der Waals surface area contributed by atoms with Gasteiger partial charge >= 0.3 is 17.9 Å². The van der Waals surface area contributed by atoms with Crippen LogP contribution in [0.15, 0.2) is 12.2 Å². The van der Waals surface area contributed by atoms with Crippen LogP contribution in [0, 0.1) is 0 Å². The number of rotatable bonds is 16. The van der Waals surface area contributed by atoms with Crippen LogP contribution in [-0.2, 0) is 38.1 Å². The van der Waals surface area contributed by atoms with E-state index in [-0.39, 0.29) is 31.8 Å². The summed E-state index contributed by atoms with van der Waals surface area (Å²) in [6.07, 6.45) is 4.13. The van der Waals surface area contributed by atoms with Gasteiger partial charge in [0.25, 0.3) is 0 Å². The van der Waals surface area contributed by atoms with Crippen molar-refractivity contribution in [3.05, 3.63) is 12.2 Å². The lowest BCUT2D eigenvalue weighted by atomic mass is 10.2. The monoisotopic (exact) mass is 374 g/mol. The Morgan fingerprint density at radius 1 is 0.808 bits per heavy atom. The van der Waals surface area contributed by atoms with Gasteiger partial charge in [0.05, 0.1) is 19.6 Å². The molecule has 0 aliphatic carbocycles. The molecule has 0 amide bonds. The van der Waals surface area contributed by atoms with Gasteiger partial charge in [0, 0.05) is 19.3 Å². The molecule has 0 bridgehead atoms. The third-order valence-corrected chi connectivity index (χ3v) is 3.15. The topological polar surface area (TPSA) is 97.4 Å². The van der Waals surface area contributed by atoms with Gasteiger partial charge in [-0.1, -0.05) is 32.8 Å². The molecule has 0 aliphatic rings. The second kappa shape index (κ2) is 16.5. The maximum Gasteiger partial charge on any atom is 0.344 e. The quantitative estimate of drug-likeness (QED) is 0.175. The van der Waals surface area contributed by atoms with Gasteiger partial charge < -0.3 is 23.7 Å². The number of carbonyl (C=O) groups excluding carboxylic acids is 3. The van der Waals surface area contributed by atoms with Gasteiger partial charge in [-0.05, 0) is 6.42 Å². The second-order valence-electron chi connectivity index (χ2n) is 5.46. The van der Waals surface area contributed by atoms with Crippen molar-refractivity contribution in [2.24, 2.45) is 0 Å². The number of carbonyl (C=O) groups is 3. The lowest BCUT2D eigenvalue weighted by Crippen LogP contribution is -2.20. The number of unbranched alkanes of at least 4 members (excludes halogenated alkanes) is 3. The van der Waals surface area contributed by atoms with Crippen LogP contribution >= 0.6 is 0 Å². The van der Waals surface area contributed by atoms with Gasteiger partial charge in [0.1, 0.15) is 13.2 Å². The molecule has 0 unspecified atom stereocenters. The van der Waals surface area contributed by atoms with E-state index in [2.05, 4.69) is 13.5 Å². The van der Waals surface area contributed by atoms with Crippen LogP contribution < -0.4 is 0 Å². The van der Waals surface area contributed by atoms with E-state index >= 15 is 0 Å². The lowest BCUT2D eigenvalue weighted by Gasteiger charge is -2.08. The van der Waals surface area contributed by atoms with Gasteiger partial charge in [0.15, 0.2) is 6.61 Å². The van der Waals surface area contributed by atoms with Crippen LogP contribution in [0.1, 0.15) is 39.0 Å². The van der Waals surface area contributed by atoms with Gasteiger partial charge in [-0.15, -0.1) is 0 Å². The third kappa shape index (κ3) is 14.4. The summed E-state index contributed by atoms with van der Waals surface area (Å²) in [6.45, 7) is 6.40. The van der Waals surface area contributed by atoms with Crippen molar-refractivity contribution in [2.45, 2.75) is 39.0 Å². The first kappa shape index (κ1) is 24.1. The van der Waals surface area contributed by atoms with Crippen molar-refractivity contribution in [2.75, 3.05) is 46.8 Å². The van der Waals surface area contributed by atoms with E-state index in [9.17, 15) is 14.4 Å². The van der Waals surface area contributed by atoms with Gasteiger partial charge in [-0.25, -0.2) is 9.59 Å². The molecule has 0 radical (unpaired) electrons. The van der Waals surface area contributed by atoms with E-state index in [1.807, 2.05) is 0 Å².